The number of hydrogen-bond donors (Lipinski definition) is 2. The number of carboxylic acid groups (broad SMARTS) is 1. The van der Waals surface area contributed by atoms with E-state index in [1.165, 1.54) is 18.5 Å². The Hall–Kier alpha value is -3.92. The fourth-order valence-corrected chi connectivity index (χ4v) is 6.54. The number of amides is 1. The Kier molecular flexibility index (Phi) is 9.82. The number of hydrogen-bond acceptors (Lipinski definition) is 9. The van der Waals surface area contributed by atoms with E-state index in [-0.39, 0.29) is 28.1 Å². The van der Waals surface area contributed by atoms with Crippen LogP contribution in [0.3, 0.4) is 0 Å². The molecule has 0 bridgehead atoms. The van der Waals surface area contributed by atoms with Crippen LogP contribution in [0.5, 0.6) is 5.75 Å². The number of aromatic nitrogens is 3. The molecule has 2 saturated heterocycles. The van der Waals surface area contributed by atoms with E-state index in [2.05, 4.69) is 36.8 Å². The lowest BCUT2D eigenvalue weighted by atomic mass is 9.97. The number of nitrogens with one attached hydrogen (secondary N) is 1. The van der Waals surface area contributed by atoms with Crippen molar-refractivity contribution in [2.24, 2.45) is 5.92 Å². The van der Waals surface area contributed by atoms with Gasteiger partial charge < -0.3 is 14.7 Å². The number of thiazole rings is 1. The van der Waals surface area contributed by atoms with Crippen LogP contribution in [0.1, 0.15) is 60.0 Å². The van der Waals surface area contributed by atoms with Crippen LogP contribution in [0.15, 0.2) is 30.6 Å². The number of halogens is 5. The zero-order valence-electron chi connectivity index (χ0n) is 24.2. The molecule has 2 N–H and O–H groups in total. The molecule has 1 atom stereocenters. The van der Waals surface area contributed by atoms with Crippen molar-refractivity contribution in [3.8, 4) is 17.0 Å². The van der Waals surface area contributed by atoms with Crippen molar-refractivity contribution in [1.82, 2.24) is 19.9 Å². The number of nitrogens with zero attached hydrogens (tertiary/aromatic N) is 5. The number of likely N-dealkylation sites (tertiary alicyclic amines) is 1. The SMILES string of the molecule is C[C@@H]1CCCCN1Cc1sc(NC(=O)c2cnc(N3CCC(C(=O)O)CC3)cn2)nc1-c1ccc(OC(F)F)c(C(F)(F)F)c1. The molecule has 242 valence electrons. The fraction of sp³-hybridized carbons (Fsp3) is 0.483. The largest absolute Gasteiger partial charge is 0.481 e. The number of aliphatic carboxylic acids is 1. The number of benzene rings is 1. The Balaban J connectivity index is 1.39. The highest BCUT2D eigenvalue weighted by Gasteiger charge is 2.36. The summed E-state index contributed by atoms with van der Waals surface area (Å²) in [5, 5.41) is 12.0. The van der Waals surface area contributed by atoms with Crippen molar-refractivity contribution < 1.29 is 41.4 Å². The van der Waals surface area contributed by atoms with Crippen LogP contribution < -0.4 is 15.0 Å². The minimum atomic E-state index is -4.97. The maximum absolute atomic E-state index is 13.8. The van der Waals surface area contributed by atoms with Crippen LogP contribution in [0.25, 0.3) is 11.3 Å². The molecule has 2 fully saturated rings. The van der Waals surface area contributed by atoms with Gasteiger partial charge in [-0.3, -0.25) is 19.8 Å². The molecule has 2 aliphatic heterocycles. The van der Waals surface area contributed by atoms with Gasteiger partial charge >= 0.3 is 18.8 Å². The number of piperidine rings is 2. The van der Waals surface area contributed by atoms with E-state index in [1.807, 2.05) is 4.90 Å². The van der Waals surface area contributed by atoms with Crippen LogP contribution >= 0.6 is 11.3 Å². The molecule has 5 rings (SSSR count). The van der Waals surface area contributed by atoms with E-state index >= 15 is 0 Å². The average Bonchev–Trinajstić information content (AvgIpc) is 3.39. The number of rotatable bonds is 9. The van der Waals surface area contributed by atoms with Crippen molar-refractivity contribution in [3.63, 3.8) is 0 Å². The van der Waals surface area contributed by atoms with Crippen molar-refractivity contribution in [1.29, 1.82) is 0 Å². The smallest absolute Gasteiger partial charge is 0.419 e. The van der Waals surface area contributed by atoms with Crippen molar-refractivity contribution in [2.75, 3.05) is 29.9 Å². The summed E-state index contributed by atoms with van der Waals surface area (Å²) in [6.45, 7) is 0.762. The van der Waals surface area contributed by atoms with Crippen LogP contribution in [-0.4, -0.2) is 69.1 Å². The van der Waals surface area contributed by atoms with Crippen molar-refractivity contribution >= 4 is 34.2 Å². The summed E-state index contributed by atoms with van der Waals surface area (Å²) in [5.41, 5.74) is -1.15. The first kappa shape index (κ1) is 32.5. The zero-order chi connectivity index (χ0) is 32.3. The van der Waals surface area contributed by atoms with Gasteiger partial charge in [-0.25, -0.2) is 15.0 Å². The molecule has 0 radical (unpaired) electrons. The van der Waals surface area contributed by atoms with Gasteiger partial charge in [-0.1, -0.05) is 17.8 Å². The Morgan fingerprint density at radius 3 is 2.49 bits per heavy atom. The Bertz CT molecular complexity index is 1510. The summed E-state index contributed by atoms with van der Waals surface area (Å²) >= 11 is 1.11. The number of carbonyl (C=O) groups excluding carboxylic acids is 1. The molecule has 4 heterocycles. The Labute approximate surface area is 259 Å². The lowest BCUT2D eigenvalue weighted by Crippen LogP contribution is -2.36. The van der Waals surface area contributed by atoms with Gasteiger partial charge in [0.05, 0.1) is 29.6 Å². The van der Waals surface area contributed by atoms with E-state index in [0.717, 1.165) is 49.3 Å². The molecule has 0 saturated carbocycles. The van der Waals surface area contributed by atoms with Crippen molar-refractivity contribution in [3.05, 3.63) is 46.7 Å². The maximum atomic E-state index is 13.8. The quantitative estimate of drug-likeness (QED) is 0.262. The monoisotopic (exact) mass is 654 g/mol. The third kappa shape index (κ3) is 7.84. The van der Waals surface area contributed by atoms with Gasteiger partial charge in [-0.2, -0.15) is 22.0 Å². The minimum Gasteiger partial charge on any atom is -0.481 e. The normalized spacial score (nSPS) is 18.3. The van der Waals surface area contributed by atoms with E-state index in [9.17, 15) is 36.6 Å². The molecule has 0 aliphatic carbocycles. The molecule has 0 unspecified atom stereocenters. The molecule has 2 aliphatic rings. The van der Waals surface area contributed by atoms with Gasteiger partial charge in [0.15, 0.2) is 5.13 Å². The van der Waals surface area contributed by atoms with Gasteiger partial charge in [0, 0.05) is 36.1 Å². The predicted molar refractivity (Wildman–Crippen MR) is 155 cm³/mol. The van der Waals surface area contributed by atoms with Gasteiger partial charge in [-0.05, 0) is 57.4 Å². The molecule has 1 amide bonds. The number of carbonyl (C=O) groups is 2. The lowest BCUT2D eigenvalue weighted by Gasteiger charge is -2.33. The minimum absolute atomic E-state index is 0.0185. The van der Waals surface area contributed by atoms with E-state index < -0.39 is 41.9 Å². The maximum Gasteiger partial charge on any atom is 0.419 e. The second-order valence-corrected chi connectivity index (χ2v) is 12.1. The summed E-state index contributed by atoms with van der Waals surface area (Å²) in [4.78, 5) is 41.9. The second-order valence-electron chi connectivity index (χ2n) is 11.0. The van der Waals surface area contributed by atoms with E-state index in [1.54, 1.807) is 0 Å². The molecule has 1 aromatic carbocycles. The third-order valence-corrected chi connectivity index (χ3v) is 8.97. The zero-order valence-corrected chi connectivity index (χ0v) is 25.0. The molecule has 10 nitrogen and oxygen atoms in total. The number of carboxylic acids is 1. The first-order valence-corrected chi connectivity index (χ1v) is 15.2. The van der Waals surface area contributed by atoms with Gasteiger partial charge in [0.2, 0.25) is 0 Å². The second kappa shape index (κ2) is 13.6. The van der Waals surface area contributed by atoms with Gasteiger partial charge in [-0.15, -0.1) is 0 Å². The van der Waals surface area contributed by atoms with E-state index in [0.29, 0.717) is 43.2 Å². The standard InChI is InChI=1S/C29H31F5N6O4S/c1-16-4-2-3-9-40(16)15-22-24(18-5-6-21(44-27(30)31)19(12-18)29(32,33)34)37-28(45-22)38-25(41)20-13-36-23(14-35-20)39-10-7-17(8-11-39)26(42)43/h5-6,12-14,16-17,27H,2-4,7-11,15H2,1H3,(H,42,43)(H,37,38,41)/t16-/m1/s1. The average molecular weight is 655 g/mol. The molecule has 2 aromatic heterocycles. The van der Waals surface area contributed by atoms with Crippen LogP contribution in [0, 0.1) is 5.92 Å². The number of anilines is 2. The molecule has 0 spiro atoms. The number of alkyl halides is 5. The third-order valence-electron chi connectivity index (χ3n) is 8.02. The van der Waals surface area contributed by atoms with Crippen molar-refractivity contribution in [2.45, 2.75) is 64.4 Å². The summed E-state index contributed by atoms with van der Waals surface area (Å²) in [7, 11) is 0. The summed E-state index contributed by atoms with van der Waals surface area (Å²) in [6.07, 6.45) is 1.67. The summed E-state index contributed by atoms with van der Waals surface area (Å²) in [6, 6.07) is 3.03. The predicted octanol–water partition coefficient (Wildman–Crippen LogP) is 6.15. The van der Waals surface area contributed by atoms with Crippen LogP contribution in [0.4, 0.5) is 32.9 Å². The van der Waals surface area contributed by atoms with Crippen LogP contribution in [0.2, 0.25) is 0 Å². The molecule has 16 heteroatoms. The van der Waals surface area contributed by atoms with Crippen LogP contribution in [-0.2, 0) is 17.5 Å². The first-order valence-electron chi connectivity index (χ1n) is 14.4. The summed E-state index contributed by atoms with van der Waals surface area (Å²) in [5.74, 6) is -2.36. The van der Waals surface area contributed by atoms with Gasteiger partial charge in [0.25, 0.3) is 5.91 Å². The fourth-order valence-electron chi connectivity index (χ4n) is 5.53. The first-order chi connectivity index (χ1) is 21.4. The molecular formula is C29H31F5N6O4S. The van der Waals surface area contributed by atoms with Gasteiger partial charge in [0.1, 0.15) is 17.3 Å². The Morgan fingerprint density at radius 1 is 1.11 bits per heavy atom. The molecule has 3 aromatic rings. The highest BCUT2D eigenvalue weighted by molar-refractivity contribution is 7.16. The Morgan fingerprint density at radius 2 is 1.87 bits per heavy atom. The number of ether oxygens (including phenoxy) is 1. The highest BCUT2D eigenvalue weighted by atomic mass is 32.1. The highest BCUT2D eigenvalue weighted by Crippen LogP contribution is 2.41. The van der Waals surface area contributed by atoms with E-state index in [4.69, 9.17) is 0 Å². The lowest BCUT2D eigenvalue weighted by molar-refractivity contribution is -0.143. The molecular weight excluding hydrogens is 623 g/mol. The summed E-state index contributed by atoms with van der Waals surface area (Å²) < 4.78 is 71.3. The molecule has 45 heavy (non-hydrogen) atoms. The topological polar surface area (TPSA) is 121 Å².